The molecular formula is C29H35N9O5. The molecule has 0 radical (unpaired) electrons. The van der Waals surface area contributed by atoms with Gasteiger partial charge in [-0.3, -0.25) is 19.4 Å². The molecule has 4 heterocycles. The van der Waals surface area contributed by atoms with Crippen LogP contribution in [0.1, 0.15) is 35.3 Å². The third-order valence-corrected chi connectivity index (χ3v) is 8.85. The number of para-hydroxylation sites is 1. The van der Waals surface area contributed by atoms with Crippen LogP contribution in [0.4, 0.5) is 10.5 Å². The van der Waals surface area contributed by atoms with Gasteiger partial charge in [-0.15, -0.1) is 0 Å². The van der Waals surface area contributed by atoms with Crippen molar-refractivity contribution < 1.29 is 24.6 Å². The van der Waals surface area contributed by atoms with Gasteiger partial charge in [0.05, 0.1) is 12.6 Å². The number of imide groups is 1. The Kier molecular flexibility index (Phi) is 6.77. The Morgan fingerprint density at radius 3 is 2.51 bits per heavy atom. The number of benzene rings is 2. The predicted molar refractivity (Wildman–Crippen MR) is 158 cm³/mol. The van der Waals surface area contributed by atoms with Crippen LogP contribution in [0.2, 0.25) is 0 Å². The van der Waals surface area contributed by atoms with E-state index in [4.69, 9.17) is 11.5 Å². The van der Waals surface area contributed by atoms with Crippen LogP contribution in [0, 0.1) is 0 Å². The summed E-state index contributed by atoms with van der Waals surface area (Å²) >= 11 is 0. The molecule has 2 aromatic rings. The molecule has 1 spiro atoms. The third-order valence-electron chi connectivity index (χ3n) is 8.85. The van der Waals surface area contributed by atoms with Gasteiger partial charge in [-0.1, -0.05) is 44.2 Å². The number of carbonyl (C=O) groups is 3. The zero-order valence-corrected chi connectivity index (χ0v) is 23.9. The van der Waals surface area contributed by atoms with Crippen LogP contribution in [0.5, 0.6) is 0 Å². The van der Waals surface area contributed by atoms with Crippen LogP contribution in [0.3, 0.4) is 0 Å². The highest BCUT2D eigenvalue weighted by Crippen LogP contribution is 2.45. The smallest absolute Gasteiger partial charge is 0.331 e. The molecule has 2 aromatic carbocycles. The normalized spacial score (nSPS) is 27.4. The summed E-state index contributed by atoms with van der Waals surface area (Å²) in [5.41, 5.74) is 13.6. The summed E-state index contributed by atoms with van der Waals surface area (Å²) < 4.78 is 0. The van der Waals surface area contributed by atoms with E-state index in [1.54, 1.807) is 36.4 Å². The van der Waals surface area contributed by atoms with E-state index in [-0.39, 0.29) is 31.6 Å². The van der Waals surface area contributed by atoms with E-state index in [2.05, 4.69) is 20.6 Å². The highest BCUT2D eigenvalue weighted by Gasteiger charge is 2.73. The number of guanidine groups is 2. The average Bonchev–Trinajstić information content (AvgIpc) is 3.57. The van der Waals surface area contributed by atoms with Crippen LogP contribution in [0.25, 0.3) is 0 Å². The van der Waals surface area contributed by atoms with E-state index in [1.807, 2.05) is 26.0 Å². The monoisotopic (exact) mass is 589 g/mol. The zero-order valence-electron chi connectivity index (χ0n) is 23.9. The van der Waals surface area contributed by atoms with Gasteiger partial charge in [0.15, 0.2) is 17.6 Å². The first-order valence-electron chi connectivity index (χ1n) is 14.3. The van der Waals surface area contributed by atoms with Crippen molar-refractivity contribution in [2.45, 2.75) is 56.3 Å². The summed E-state index contributed by atoms with van der Waals surface area (Å²) in [6, 6.07) is 10.5. The van der Waals surface area contributed by atoms with E-state index >= 15 is 0 Å². The van der Waals surface area contributed by atoms with Gasteiger partial charge in [-0.25, -0.2) is 14.8 Å². The van der Waals surface area contributed by atoms with Crippen LogP contribution >= 0.6 is 0 Å². The fraction of sp³-hybridized carbons (Fsp3) is 0.414. The number of hydrogen-bond acceptors (Lipinski definition) is 11. The minimum absolute atomic E-state index is 0.0795. The molecule has 43 heavy (non-hydrogen) atoms. The maximum absolute atomic E-state index is 13.5. The molecule has 14 nitrogen and oxygen atoms in total. The molecule has 4 aliphatic heterocycles. The quantitative estimate of drug-likeness (QED) is 0.174. The van der Waals surface area contributed by atoms with Crippen molar-refractivity contribution in [3.63, 3.8) is 0 Å². The molecule has 0 saturated carbocycles. The van der Waals surface area contributed by atoms with Crippen molar-refractivity contribution in [2.24, 2.45) is 21.5 Å². The highest BCUT2D eigenvalue weighted by atomic mass is 16.5. The van der Waals surface area contributed by atoms with Crippen LogP contribution in [-0.4, -0.2) is 99.0 Å². The Labute approximate surface area is 248 Å². The number of urea groups is 1. The number of aliphatic hydroxyl groups is 2. The molecule has 226 valence electrons. The van der Waals surface area contributed by atoms with Gasteiger partial charge >= 0.3 is 6.03 Å². The van der Waals surface area contributed by atoms with Gasteiger partial charge in [-0.05, 0) is 42.2 Å². The van der Waals surface area contributed by atoms with E-state index < -0.39 is 47.4 Å². The molecule has 6 rings (SSSR count). The van der Waals surface area contributed by atoms with Crippen LogP contribution in [0.15, 0.2) is 58.5 Å². The summed E-state index contributed by atoms with van der Waals surface area (Å²) in [4.78, 5) is 52.6. The second-order valence-electron chi connectivity index (χ2n) is 11.1. The zero-order chi connectivity index (χ0) is 30.7. The molecule has 0 aliphatic carbocycles. The minimum atomic E-state index is -2.65. The molecule has 14 heteroatoms. The summed E-state index contributed by atoms with van der Waals surface area (Å²) in [5, 5.41) is 29.2. The van der Waals surface area contributed by atoms with Gasteiger partial charge in [-0.2, -0.15) is 0 Å². The van der Waals surface area contributed by atoms with E-state index in [0.29, 0.717) is 17.7 Å². The molecule has 2 fully saturated rings. The number of aryl methyl sites for hydroxylation is 1. The first kappa shape index (κ1) is 28.4. The van der Waals surface area contributed by atoms with Gasteiger partial charge in [0.25, 0.3) is 11.8 Å². The molecule has 0 bridgehead atoms. The van der Waals surface area contributed by atoms with Crippen molar-refractivity contribution in [3.05, 3.63) is 65.2 Å². The fourth-order valence-corrected chi connectivity index (χ4v) is 6.78. The summed E-state index contributed by atoms with van der Waals surface area (Å²) in [7, 11) is 0. The lowest BCUT2D eigenvalue weighted by Gasteiger charge is -2.49. The van der Waals surface area contributed by atoms with Gasteiger partial charge in [0.2, 0.25) is 5.79 Å². The Morgan fingerprint density at radius 2 is 1.81 bits per heavy atom. The maximum atomic E-state index is 13.5. The molecule has 4 atom stereocenters. The maximum Gasteiger partial charge on any atom is 0.331 e. The fourth-order valence-electron chi connectivity index (χ4n) is 6.78. The van der Waals surface area contributed by atoms with Gasteiger partial charge < -0.3 is 37.2 Å². The average molecular weight is 590 g/mol. The van der Waals surface area contributed by atoms with Gasteiger partial charge in [0.1, 0.15) is 18.6 Å². The highest BCUT2D eigenvalue weighted by molar-refractivity contribution is 6.12. The molecule has 0 aromatic heterocycles. The van der Waals surface area contributed by atoms with E-state index in [1.165, 1.54) is 9.80 Å². The molecule has 3 unspecified atom stereocenters. The van der Waals surface area contributed by atoms with Crippen molar-refractivity contribution in [2.75, 3.05) is 24.5 Å². The lowest BCUT2D eigenvalue weighted by atomic mass is 9.84. The Balaban J connectivity index is 1.29. The number of aliphatic imine (C=N–C) groups is 2. The van der Waals surface area contributed by atoms with Crippen molar-refractivity contribution in [3.8, 4) is 0 Å². The predicted octanol–water partition coefficient (Wildman–Crippen LogP) is -0.945. The number of anilines is 1. The summed E-state index contributed by atoms with van der Waals surface area (Å²) in [5.74, 6) is -3.74. The molecule has 4 aliphatic rings. The number of hydrogen-bond donors (Lipinski definition) is 6. The summed E-state index contributed by atoms with van der Waals surface area (Å²) in [6.45, 7) is 3.47. The second kappa shape index (κ2) is 10.2. The Morgan fingerprint density at radius 1 is 1.07 bits per heavy atom. The largest absolute Gasteiger partial charge is 0.370 e. The van der Waals surface area contributed by atoms with Crippen molar-refractivity contribution in [1.29, 1.82) is 0 Å². The van der Waals surface area contributed by atoms with E-state index in [9.17, 15) is 24.6 Å². The molecule has 4 amide bonds. The first-order valence-corrected chi connectivity index (χ1v) is 14.3. The van der Waals surface area contributed by atoms with Crippen LogP contribution < -0.4 is 27.0 Å². The number of nitrogens with zero attached hydrogens (tertiary/aromatic N) is 5. The molecule has 8 N–H and O–H groups in total. The number of nitrogens with one attached hydrogen (secondary N) is 2. The van der Waals surface area contributed by atoms with Crippen molar-refractivity contribution in [1.82, 2.24) is 20.4 Å². The SMILES string of the molecule is CCc1cccc(C(=O)NC2CN3C(N)=N[C@@H](CN4C(=O)CN(c5ccccc5)C4=O)C4N=C(N)NC43C2(O)O)c1CC. The van der Waals surface area contributed by atoms with E-state index in [0.717, 1.165) is 22.4 Å². The van der Waals surface area contributed by atoms with Crippen molar-refractivity contribution >= 4 is 35.5 Å². The lowest BCUT2D eigenvalue weighted by molar-refractivity contribution is -0.230. The summed E-state index contributed by atoms with van der Waals surface area (Å²) in [6.07, 6.45) is 1.37. The lowest BCUT2D eigenvalue weighted by Crippen LogP contribution is -2.78. The number of rotatable bonds is 7. The topological polar surface area (TPSA) is 202 Å². The number of nitrogens with two attached hydrogens (primary N) is 2. The van der Waals surface area contributed by atoms with Crippen LogP contribution in [-0.2, 0) is 17.6 Å². The molecular weight excluding hydrogens is 554 g/mol. The second-order valence-corrected chi connectivity index (χ2v) is 11.1. The molecule has 2 saturated heterocycles. The third kappa shape index (κ3) is 4.19. The first-order chi connectivity index (χ1) is 20.5. The Bertz CT molecular complexity index is 1540. The minimum Gasteiger partial charge on any atom is -0.370 e. The Hall–Kier alpha value is -4.69. The number of carbonyl (C=O) groups excluding carboxylic acids is 3. The number of amides is 4. The van der Waals surface area contributed by atoms with Gasteiger partial charge in [0, 0.05) is 17.8 Å². The standard InChI is InChI=1S/C29H35N9O5/c1-3-16-9-8-12-19(18(16)4-2)24(40)33-21-14-38-26(31)32-20(23-28(38,29(21,42)43)35-25(30)34-23)13-37-22(39)15-36(27(37)41)17-10-6-5-7-11-17/h5-12,20-21,23,42-43H,3-4,13-15H2,1-2H3,(H2,31,32)(H,33,40)(H3,30,34,35)/t20-,21?,23?,28?/m0/s1.